The number of nitriles is 1. The summed E-state index contributed by atoms with van der Waals surface area (Å²) in [6.07, 6.45) is 4.00. The van der Waals surface area contributed by atoms with Gasteiger partial charge in [0.1, 0.15) is 0 Å². The van der Waals surface area contributed by atoms with E-state index < -0.39 is 0 Å². The molecule has 1 atom stereocenters. The summed E-state index contributed by atoms with van der Waals surface area (Å²) in [5.41, 5.74) is 2.59. The highest BCUT2D eigenvalue weighted by molar-refractivity contribution is 5.42. The minimum absolute atomic E-state index is 0.465. The molecule has 2 fully saturated rings. The van der Waals surface area contributed by atoms with E-state index in [1.54, 1.807) is 0 Å². The summed E-state index contributed by atoms with van der Waals surface area (Å²) in [5, 5.41) is 12.7. The van der Waals surface area contributed by atoms with E-state index in [1.807, 2.05) is 12.1 Å². The second kappa shape index (κ2) is 3.61. The summed E-state index contributed by atoms with van der Waals surface area (Å²) in [5.74, 6) is 0.553. The molecule has 1 spiro atoms. The van der Waals surface area contributed by atoms with E-state index in [2.05, 4.69) is 23.5 Å². The number of hydrogen-bond donors (Lipinski definition) is 1. The first kappa shape index (κ1) is 9.86. The molecule has 1 N–H and O–H groups in total. The lowest BCUT2D eigenvalue weighted by Gasteiger charge is -2.43. The van der Waals surface area contributed by atoms with E-state index in [0.717, 1.165) is 18.7 Å². The third kappa shape index (κ3) is 1.28. The SMILES string of the molecule is N#Cc1ccccc1C1CNCC12CCC2. The van der Waals surface area contributed by atoms with Gasteiger partial charge in [0.25, 0.3) is 0 Å². The molecule has 1 heterocycles. The highest BCUT2D eigenvalue weighted by Crippen LogP contribution is 2.53. The number of hydrogen-bond acceptors (Lipinski definition) is 2. The van der Waals surface area contributed by atoms with Crippen LogP contribution in [0.2, 0.25) is 0 Å². The fourth-order valence-electron chi connectivity index (χ4n) is 3.30. The molecule has 2 nitrogen and oxygen atoms in total. The molecule has 3 rings (SSSR count). The van der Waals surface area contributed by atoms with Gasteiger partial charge in [-0.1, -0.05) is 24.6 Å². The van der Waals surface area contributed by atoms with Crippen LogP contribution >= 0.6 is 0 Å². The largest absolute Gasteiger partial charge is 0.316 e. The first-order chi connectivity index (χ1) is 7.86. The molecule has 1 saturated heterocycles. The van der Waals surface area contributed by atoms with Crippen molar-refractivity contribution in [2.75, 3.05) is 13.1 Å². The van der Waals surface area contributed by atoms with Gasteiger partial charge in [-0.3, -0.25) is 0 Å². The van der Waals surface area contributed by atoms with Gasteiger partial charge in [0.15, 0.2) is 0 Å². The van der Waals surface area contributed by atoms with Crippen molar-refractivity contribution in [3.8, 4) is 6.07 Å². The smallest absolute Gasteiger partial charge is 0.0994 e. The van der Waals surface area contributed by atoms with Crippen molar-refractivity contribution in [3.05, 3.63) is 35.4 Å². The van der Waals surface area contributed by atoms with E-state index in [0.29, 0.717) is 11.3 Å². The Morgan fingerprint density at radius 2 is 2.12 bits per heavy atom. The zero-order chi connectivity index (χ0) is 11.0. The van der Waals surface area contributed by atoms with Crippen LogP contribution in [0.3, 0.4) is 0 Å². The summed E-state index contributed by atoms with van der Waals surface area (Å²) in [6.45, 7) is 2.18. The second-order valence-corrected chi connectivity index (χ2v) is 5.10. The average molecular weight is 212 g/mol. The molecule has 1 unspecified atom stereocenters. The Balaban J connectivity index is 2.00. The number of benzene rings is 1. The Labute approximate surface area is 96.3 Å². The van der Waals surface area contributed by atoms with Gasteiger partial charge in [0.2, 0.25) is 0 Å². The monoisotopic (exact) mass is 212 g/mol. The second-order valence-electron chi connectivity index (χ2n) is 5.10. The summed E-state index contributed by atoms with van der Waals surface area (Å²) in [4.78, 5) is 0. The maximum Gasteiger partial charge on any atom is 0.0994 e. The molecule has 2 heteroatoms. The van der Waals surface area contributed by atoms with Gasteiger partial charge in [-0.25, -0.2) is 0 Å². The van der Waals surface area contributed by atoms with Gasteiger partial charge in [-0.2, -0.15) is 5.26 Å². The van der Waals surface area contributed by atoms with Crippen LogP contribution in [0.5, 0.6) is 0 Å². The number of nitrogens with one attached hydrogen (secondary N) is 1. The summed E-state index contributed by atoms with van der Waals surface area (Å²) >= 11 is 0. The van der Waals surface area contributed by atoms with Gasteiger partial charge in [0.05, 0.1) is 11.6 Å². The standard InChI is InChI=1S/C14H16N2/c15-8-11-4-1-2-5-12(11)13-9-16-10-14(13)6-3-7-14/h1-2,4-5,13,16H,3,6-7,9-10H2. The summed E-state index contributed by atoms with van der Waals surface area (Å²) < 4.78 is 0. The van der Waals surface area contributed by atoms with Gasteiger partial charge < -0.3 is 5.32 Å². The highest BCUT2D eigenvalue weighted by Gasteiger charge is 2.48. The third-order valence-corrected chi connectivity index (χ3v) is 4.37. The Morgan fingerprint density at radius 3 is 2.81 bits per heavy atom. The third-order valence-electron chi connectivity index (χ3n) is 4.37. The Kier molecular flexibility index (Phi) is 2.22. The molecule has 82 valence electrons. The quantitative estimate of drug-likeness (QED) is 0.776. The number of nitrogens with zero attached hydrogens (tertiary/aromatic N) is 1. The molecule has 1 aliphatic carbocycles. The molecule has 1 aromatic rings. The van der Waals surface area contributed by atoms with Gasteiger partial charge >= 0.3 is 0 Å². The average Bonchev–Trinajstić information content (AvgIpc) is 2.73. The normalized spacial score (nSPS) is 26.3. The minimum Gasteiger partial charge on any atom is -0.316 e. The van der Waals surface area contributed by atoms with Crippen LogP contribution in [-0.4, -0.2) is 13.1 Å². The molecule has 0 bridgehead atoms. The van der Waals surface area contributed by atoms with Crippen molar-refractivity contribution < 1.29 is 0 Å². The Morgan fingerprint density at radius 1 is 1.31 bits per heavy atom. The molecular formula is C14H16N2. The Hall–Kier alpha value is -1.33. The molecule has 0 aromatic heterocycles. The van der Waals surface area contributed by atoms with Crippen LogP contribution in [0.4, 0.5) is 0 Å². The van der Waals surface area contributed by atoms with E-state index in [4.69, 9.17) is 5.26 Å². The van der Waals surface area contributed by atoms with Crippen molar-refractivity contribution in [1.82, 2.24) is 5.32 Å². The number of rotatable bonds is 1. The van der Waals surface area contributed by atoms with Crippen LogP contribution in [0.1, 0.15) is 36.3 Å². The predicted molar refractivity (Wildman–Crippen MR) is 63.1 cm³/mol. The van der Waals surface area contributed by atoms with Gasteiger partial charge in [-0.15, -0.1) is 0 Å². The Bertz CT molecular complexity index is 440. The highest BCUT2D eigenvalue weighted by atomic mass is 14.9. The predicted octanol–water partition coefficient (Wildman–Crippen LogP) is 2.42. The molecular weight excluding hydrogens is 196 g/mol. The lowest BCUT2D eigenvalue weighted by Crippen LogP contribution is -2.36. The lowest BCUT2D eigenvalue weighted by molar-refractivity contribution is 0.137. The van der Waals surface area contributed by atoms with Crippen LogP contribution in [0.15, 0.2) is 24.3 Å². The van der Waals surface area contributed by atoms with Gasteiger partial charge in [0, 0.05) is 19.0 Å². The zero-order valence-corrected chi connectivity index (χ0v) is 9.37. The first-order valence-electron chi connectivity index (χ1n) is 6.05. The van der Waals surface area contributed by atoms with E-state index in [1.165, 1.54) is 24.8 Å². The molecule has 0 amide bonds. The topological polar surface area (TPSA) is 35.8 Å². The summed E-state index contributed by atoms with van der Waals surface area (Å²) in [7, 11) is 0. The van der Waals surface area contributed by atoms with Crippen LogP contribution in [-0.2, 0) is 0 Å². The maximum absolute atomic E-state index is 9.17. The van der Waals surface area contributed by atoms with E-state index in [9.17, 15) is 0 Å². The maximum atomic E-state index is 9.17. The fourth-order valence-corrected chi connectivity index (χ4v) is 3.30. The molecule has 16 heavy (non-hydrogen) atoms. The summed E-state index contributed by atoms with van der Waals surface area (Å²) in [6, 6.07) is 10.4. The van der Waals surface area contributed by atoms with Crippen molar-refractivity contribution >= 4 is 0 Å². The van der Waals surface area contributed by atoms with E-state index >= 15 is 0 Å². The van der Waals surface area contributed by atoms with Crippen LogP contribution in [0.25, 0.3) is 0 Å². The van der Waals surface area contributed by atoms with Crippen molar-refractivity contribution in [3.63, 3.8) is 0 Å². The van der Waals surface area contributed by atoms with Crippen LogP contribution in [0, 0.1) is 16.7 Å². The van der Waals surface area contributed by atoms with E-state index in [-0.39, 0.29) is 0 Å². The molecule has 2 aliphatic rings. The molecule has 0 radical (unpaired) electrons. The van der Waals surface area contributed by atoms with Crippen molar-refractivity contribution in [2.45, 2.75) is 25.2 Å². The van der Waals surface area contributed by atoms with Gasteiger partial charge in [-0.05, 0) is 29.9 Å². The lowest BCUT2D eigenvalue weighted by atomic mass is 9.61. The zero-order valence-electron chi connectivity index (χ0n) is 9.37. The fraction of sp³-hybridized carbons (Fsp3) is 0.500. The van der Waals surface area contributed by atoms with Crippen LogP contribution < -0.4 is 5.32 Å². The van der Waals surface area contributed by atoms with Crippen molar-refractivity contribution in [2.24, 2.45) is 5.41 Å². The first-order valence-corrected chi connectivity index (χ1v) is 6.05. The van der Waals surface area contributed by atoms with Crippen molar-refractivity contribution in [1.29, 1.82) is 5.26 Å². The molecule has 1 saturated carbocycles. The minimum atomic E-state index is 0.465. The molecule has 1 aromatic carbocycles. The molecule has 1 aliphatic heterocycles.